The number of carbonyl (C=O) groups is 1. The van der Waals surface area contributed by atoms with Crippen LogP contribution >= 0.6 is 0 Å². The van der Waals surface area contributed by atoms with Crippen molar-refractivity contribution in [2.75, 3.05) is 11.9 Å². The molecule has 1 aliphatic carbocycles. The van der Waals surface area contributed by atoms with Crippen LogP contribution in [0.1, 0.15) is 37.8 Å². The number of rotatable bonds is 4. The third kappa shape index (κ3) is 3.94. The second-order valence-electron chi connectivity index (χ2n) is 6.51. The Morgan fingerprint density at radius 1 is 1.25 bits per heavy atom. The Kier molecular flexibility index (Phi) is 4.85. The molecule has 0 spiro atoms. The van der Waals surface area contributed by atoms with Crippen LogP contribution in [0.25, 0.3) is 5.69 Å². The summed E-state index contributed by atoms with van der Waals surface area (Å²) < 4.78 is 1.74. The Balaban J connectivity index is 1.64. The number of nitrogens with zero attached hydrogens (tertiary/aromatic N) is 2. The average molecular weight is 328 g/mol. The molecule has 0 radical (unpaired) electrons. The van der Waals surface area contributed by atoms with Crippen molar-refractivity contribution in [1.82, 2.24) is 15.1 Å². The Morgan fingerprint density at radius 2 is 2.00 bits per heavy atom. The van der Waals surface area contributed by atoms with E-state index in [1.54, 1.807) is 4.68 Å². The third-order valence-corrected chi connectivity index (χ3v) is 4.48. The molecular weight excluding hydrogens is 304 g/mol. The molecule has 2 aromatic rings. The number of amides is 2. The predicted molar refractivity (Wildman–Crippen MR) is 93.4 cm³/mol. The van der Waals surface area contributed by atoms with Crippen LogP contribution in [0.3, 0.4) is 0 Å². The molecule has 0 aliphatic heterocycles. The second kappa shape index (κ2) is 7.05. The molecule has 2 amide bonds. The Hall–Kier alpha value is -2.34. The van der Waals surface area contributed by atoms with Gasteiger partial charge in [0, 0.05) is 12.7 Å². The van der Waals surface area contributed by atoms with Gasteiger partial charge in [-0.15, -0.1) is 0 Å². The maximum Gasteiger partial charge on any atom is 0.319 e. The molecule has 1 aromatic carbocycles. The van der Waals surface area contributed by atoms with Crippen LogP contribution in [0.2, 0.25) is 0 Å². The van der Waals surface area contributed by atoms with Gasteiger partial charge in [-0.3, -0.25) is 0 Å². The molecule has 0 bridgehead atoms. The van der Waals surface area contributed by atoms with E-state index in [-0.39, 0.29) is 12.6 Å². The first-order chi connectivity index (χ1) is 11.6. The van der Waals surface area contributed by atoms with Crippen molar-refractivity contribution in [2.45, 2.75) is 44.6 Å². The van der Waals surface area contributed by atoms with Gasteiger partial charge >= 0.3 is 6.03 Å². The lowest BCUT2D eigenvalue weighted by atomic mass is 9.85. The molecule has 0 unspecified atom stereocenters. The van der Waals surface area contributed by atoms with Gasteiger partial charge in [-0.25, -0.2) is 9.48 Å². The van der Waals surface area contributed by atoms with Crippen LogP contribution in [0.4, 0.5) is 10.5 Å². The molecule has 1 aromatic heterocycles. The van der Waals surface area contributed by atoms with Crippen molar-refractivity contribution in [1.29, 1.82) is 0 Å². The third-order valence-electron chi connectivity index (χ3n) is 4.48. The lowest BCUT2D eigenvalue weighted by Crippen LogP contribution is -2.45. The van der Waals surface area contributed by atoms with Gasteiger partial charge in [-0.1, -0.05) is 31.4 Å². The lowest BCUT2D eigenvalue weighted by molar-refractivity contribution is 0.00755. The molecule has 1 heterocycles. The first kappa shape index (κ1) is 16.5. The number of aryl methyl sites for hydroxylation is 1. The van der Waals surface area contributed by atoms with Gasteiger partial charge in [-0.2, -0.15) is 5.10 Å². The SMILES string of the molecule is Cc1ccn(-c2ccccc2NC(=O)NCC2(O)CCCCC2)n1. The minimum atomic E-state index is -0.770. The molecular formula is C18H24N4O2. The van der Waals surface area contributed by atoms with Crippen molar-refractivity contribution < 1.29 is 9.90 Å². The van der Waals surface area contributed by atoms with Crippen molar-refractivity contribution in [3.05, 3.63) is 42.2 Å². The first-order valence-corrected chi connectivity index (χ1v) is 8.45. The smallest absolute Gasteiger partial charge is 0.319 e. The largest absolute Gasteiger partial charge is 0.388 e. The number of para-hydroxylation sites is 2. The quantitative estimate of drug-likeness (QED) is 0.807. The molecule has 3 rings (SSSR count). The molecule has 1 aliphatic rings. The van der Waals surface area contributed by atoms with Crippen LogP contribution < -0.4 is 10.6 Å². The summed E-state index contributed by atoms with van der Waals surface area (Å²) in [6.07, 6.45) is 6.54. The molecule has 1 saturated carbocycles. The number of hydrogen-bond acceptors (Lipinski definition) is 3. The van der Waals surface area contributed by atoms with E-state index in [1.807, 2.05) is 43.5 Å². The van der Waals surface area contributed by atoms with E-state index in [0.717, 1.165) is 43.5 Å². The van der Waals surface area contributed by atoms with Crippen molar-refractivity contribution in [2.24, 2.45) is 0 Å². The zero-order valence-corrected chi connectivity index (χ0v) is 14.0. The summed E-state index contributed by atoms with van der Waals surface area (Å²) in [5, 5.41) is 20.5. The van der Waals surface area contributed by atoms with E-state index >= 15 is 0 Å². The first-order valence-electron chi connectivity index (χ1n) is 8.45. The summed E-state index contributed by atoms with van der Waals surface area (Å²) in [5.74, 6) is 0. The summed E-state index contributed by atoms with van der Waals surface area (Å²) in [5.41, 5.74) is 1.62. The maximum absolute atomic E-state index is 12.2. The fourth-order valence-corrected chi connectivity index (χ4v) is 3.13. The topological polar surface area (TPSA) is 79.2 Å². The predicted octanol–water partition coefficient (Wildman–Crippen LogP) is 3.00. The minimum Gasteiger partial charge on any atom is -0.388 e. The Morgan fingerprint density at radius 3 is 2.71 bits per heavy atom. The van der Waals surface area contributed by atoms with Gasteiger partial charge in [0.25, 0.3) is 0 Å². The van der Waals surface area contributed by atoms with Crippen LogP contribution in [-0.2, 0) is 0 Å². The highest BCUT2D eigenvalue weighted by atomic mass is 16.3. The number of benzene rings is 1. The number of urea groups is 1. The molecule has 6 heteroatoms. The fourth-order valence-electron chi connectivity index (χ4n) is 3.13. The van der Waals surface area contributed by atoms with Crippen molar-refractivity contribution >= 4 is 11.7 Å². The van der Waals surface area contributed by atoms with Gasteiger partial charge in [0.05, 0.1) is 22.7 Å². The van der Waals surface area contributed by atoms with E-state index in [2.05, 4.69) is 15.7 Å². The summed E-state index contributed by atoms with van der Waals surface area (Å²) in [7, 11) is 0. The van der Waals surface area contributed by atoms with Crippen LogP contribution in [0.15, 0.2) is 36.5 Å². The summed E-state index contributed by atoms with van der Waals surface area (Å²) in [6.45, 7) is 2.20. The number of carbonyl (C=O) groups excluding carboxylic acids is 1. The Bertz CT molecular complexity index is 705. The maximum atomic E-state index is 12.2. The normalized spacial score (nSPS) is 16.6. The van der Waals surface area contributed by atoms with Gasteiger partial charge < -0.3 is 15.7 Å². The van der Waals surface area contributed by atoms with Crippen molar-refractivity contribution in [3.8, 4) is 5.69 Å². The summed E-state index contributed by atoms with van der Waals surface area (Å²) in [6, 6.07) is 9.10. The minimum absolute atomic E-state index is 0.280. The van der Waals surface area contributed by atoms with E-state index < -0.39 is 5.60 Å². The average Bonchev–Trinajstić information content (AvgIpc) is 3.01. The highest BCUT2D eigenvalue weighted by Crippen LogP contribution is 2.27. The highest BCUT2D eigenvalue weighted by Gasteiger charge is 2.29. The highest BCUT2D eigenvalue weighted by molar-refractivity contribution is 5.91. The zero-order chi connectivity index (χ0) is 17.0. The van der Waals surface area contributed by atoms with Gasteiger partial charge in [0.2, 0.25) is 0 Å². The van der Waals surface area contributed by atoms with Crippen LogP contribution in [0.5, 0.6) is 0 Å². The second-order valence-corrected chi connectivity index (χ2v) is 6.51. The standard InChI is InChI=1S/C18H24N4O2/c1-14-9-12-22(21-14)16-8-4-3-7-15(16)20-17(23)19-13-18(24)10-5-2-6-11-18/h3-4,7-9,12,24H,2,5-6,10-11,13H2,1H3,(H2,19,20,23). The van der Waals surface area contributed by atoms with E-state index in [0.29, 0.717) is 5.69 Å². The van der Waals surface area contributed by atoms with Gasteiger partial charge in [0.1, 0.15) is 0 Å². The lowest BCUT2D eigenvalue weighted by Gasteiger charge is -2.32. The zero-order valence-electron chi connectivity index (χ0n) is 14.0. The number of nitrogens with one attached hydrogen (secondary N) is 2. The monoisotopic (exact) mass is 328 g/mol. The molecule has 1 fully saturated rings. The van der Waals surface area contributed by atoms with E-state index in [4.69, 9.17) is 0 Å². The molecule has 24 heavy (non-hydrogen) atoms. The fraction of sp³-hybridized carbons (Fsp3) is 0.444. The van der Waals surface area contributed by atoms with Crippen LogP contribution in [0, 0.1) is 6.92 Å². The molecule has 3 N–H and O–H groups in total. The van der Waals surface area contributed by atoms with Crippen LogP contribution in [-0.4, -0.2) is 33.1 Å². The van der Waals surface area contributed by atoms with Gasteiger partial charge in [0.15, 0.2) is 0 Å². The molecule has 6 nitrogen and oxygen atoms in total. The summed E-state index contributed by atoms with van der Waals surface area (Å²) in [4.78, 5) is 12.2. The van der Waals surface area contributed by atoms with E-state index in [9.17, 15) is 9.90 Å². The Labute approximate surface area is 141 Å². The number of aromatic nitrogens is 2. The number of hydrogen-bond donors (Lipinski definition) is 3. The van der Waals surface area contributed by atoms with Gasteiger partial charge in [-0.05, 0) is 38.0 Å². The molecule has 0 atom stereocenters. The molecule has 128 valence electrons. The summed E-state index contributed by atoms with van der Waals surface area (Å²) >= 11 is 0. The molecule has 0 saturated heterocycles. The number of anilines is 1. The van der Waals surface area contributed by atoms with Crippen molar-refractivity contribution in [3.63, 3.8) is 0 Å². The van der Waals surface area contributed by atoms with E-state index in [1.165, 1.54) is 0 Å². The number of aliphatic hydroxyl groups is 1.